The van der Waals surface area contributed by atoms with Gasteiger partial charge in [-0.1, -0.05) is 15.9 Å². The van der Waals surface area contributed by atoms with Crippen LogP contribution < -0.4 is 0 Å². The Kier molecular flexibility index (Phi) is 4.47. The first-order chi connectivity index (χ1) is 12.9. The maximum Gasteiger partial charge on any atom is 0.229 e. The topological polar surface area (TPSA) is 36.7 Å². The van der Waals surface area contributed by atoms with Gasteiger partial charge >= 0.3 is 0 Å². The van der Waals surface area contributed by atoms with Gasteiger partial charge in [-0.2, -0.15) is 0 Å². The minimum absolute atomic E-state index is 0.135. The van der Waals surface area contributed by atoms with Crippen LogP contribution in [0.1, 0.15) is 57.1 Å². The van der Waals surface area contributed by atoms with Crippen molar-refractivity contribution in [2.24, 2.45) is 17.3 Å². The van der Waals surface area contributed by atoms with Crippen LogP contribution in [0.15, 0.2) is 22.8 Å². The largest absolute Gasteiger partial charge is 0.467 e. The van der Waals surface area contributed by atoms with Crippen LogP contribution in [0, 0.1) is 17.3 Å². The third-order valence-corrected chi connectivity index (χ3v) is 8.67. The molecule has 0 N–H and O–H groups in total. The van der Waals surface area contributed by atoms with Crippen LogP contribution in [-0.2, 0) is 11.3 Å². The molecule has 4 bridgehead atoms. The van der Waals surface area contributed by atoms with Crippen molar-refractivity contribution in [3.8, 4) is 0 Å². The number of halogens is 1. The Morgan fingerprint density at radius 1 is 1.26 bits per heavy atom. The Bertz CT molecular complexity index is 681. The molecule has 2 heterocycles. The summed E-state index contributed by atoms with van der Waals surface area (Å²) < 4.78 is 5.87. The predicted octanol–water partition coefficient (Wildman–Crippen LogP) is 4.44. The van der Waals surface area contributed by atoms with Crippen molar-refractivity contribution in [2.75, 3.05) is 20.1 Å². The van der Waals surface area contributed by atoms with Gasteiger partial charge in [0.25, 0.3) is 0 Å². The summed E-state index contributed by atoms with van der Waals surface area (Å²) in [6.45, 7) is 2.78. The van der Waals surface area contributed by atoms with Crippen LogP contribution in [-0.4, -0.2) is 46.2 Å². The zero-order valence-electron chi connectivity index (χ0n) is 16.3. The first-order valence-corrected chi connectivity index (χ1v) is 11.4. The lowest BCUT2D eigenvalue weighted by molar-refractivity contribution is -0.160. The number of alkyl halides is 1. The van der Waals surface area contributed by atoms with Crippen LogP contribution >= 0.6 is 15.9 Å². The van der Waals surface area contributed by atoms with E-state index in [0.29, 0.717) is 18.5 Å². The van der Waals surface area contributed by atoms with Gasteiger partial charge in [-0.25, -0.2) is 0 Å². The van der Waals surface area contributed by atoms with Gasteiger partial charge in [0.1, 0.15) is 5.76 Å². The standard InChI is InChI=1S/C22H31BrN2O2/c1-24-6-4-18(5-7-24)25(14-19-3-2-8-27-19)20(26)21-10-16-9-17(11-21)13-22(23,12-16)15-21/h2-3,8,16-18H,4-7,9-15H2,1H3. The molecule has 2 unspecified atom stereocenters. The molecule has 4 saturated carbocycles. The fourth-order valence-corrected chi connectivity index (χ4v) is 8.40. The van der Waals surface area contributed by atoms with Crippen LogP contribution in [0.2, 0.25) is 0 Å². The minimum Gasteiger partial charge on any atom is -0.467 e. The molecule has 0 aromatic carbocycles. The van der Waals surface area contributed by atoms with Gasteiger partial charge in [-0.3, -0.25) is 4.79 Å². The number of nitrogens with zero attached hydrogens (tertiary/aromatic N) is 2. The third-order valence-electron chi connectivity index (χ3n) is 7.74. The van der Waals surface area contributed by atoms with E-state index in [2.05, 4.69) is 32.8 Å². The molecule has 2 atom stereocenters. The van der Waals surface area contributed by atoms with Gasteiger partial charge in [-0.05, 0) is 95.5 Å². The van der Waals surface area contributed by atoms with E-state index < -0.39 is 0 Å². The third kappa shape index (κ3) is 3.29. The Morgan fingerprint density at radius 2 is 1.96 bits per heavy atom. The summed E-state index contributed by atoms with van der Waals surface area (Å²) in [5.41, 5.74) is -0.135. The summed E-state index contributed by atoms with van der Waals surface area (Å²) in [6.07, 6.45) is 11.0. The minimum atomic E-state index is -0.135. The van der Waals surface area contributed by atoms with E-state index in [1.165, 1.54) is 19.3 Å². The number of hydrogen-bond donors (Lipinski definition) is 0. The number of furan rings is 1. The number of likely N-dealkylation sites (tertiary alicyclic amines) is 1. The highest BCUT2D eigenvalue weighted by atomic mass is 79.9. The molecule has 27 heavy (non-hydrogen) atoms. The van der Waals surface area contributed by atoms with Gasteiger partial charge < -0.3 is 14.2 Å². The maximum atomic E-state index is 14.1. The highest BCUT2D eigenvalue weighted by Crippen LogP contribution is 2.65. The summed E-state index contributed by atoms with van der Waals surface area (Å²) in [6, 6.07) is 4.30. The molecule has 1 aliphatic heterocycles. The molecule has 6 rings (SSSR count). The number of piperidine rings is 1. The Morgan fingerprint density at radius 3 is 2.56 bits per heavy atom. The highest BCUT2D eigenvalue weighted by molar-refractivity contribution is 9.10. The van der Waals surface area contributed by atoms with E-state index in [9.17, 15) is 4.79 Å². The molecule has 5 aliphatic rings. The average Bonchev–Trinajstić information content (AvgIpc) is 3.11. The zero-order chi connectivity index (χ0) is 18.6. The van der Waals surface area contributed by atoms with Crippen LogP contribution in [0.5, 0.6) is 0 Å². The van der Waals surface area contributed by atoms with Crippen LogP contribution in [0.25, 0.3) is 0 Å². The number of hydrogen-bond acceptors (Lipinski definition) is 3. The average molecular weight is 435 g/mol. The number of rotatable bonds is 4. The Labute approximate surface area is 170 Å². The van der Waals surface area contributed by atoms with Gasteiger partial charge in [0.15, 0.2) is 0 Å². The molecule has 5 fully saturated rings. The van der Waals surface area contributed by atoms with Crippen molar-refractivity contribution in [3.05, 3.63) is 24.2 Å². The molecule has 4 aliphatic carbocycles. The van der Waals surface area contributed by atoms with Gasteiger partial charge in [0.05, 0.1) is 18.2 Å². The summed E-state index contributed by atoms with van der Waals surface area (Å²) in [4.78, 5) is 18.7. The number of carbonyl (C=O) groups excluding carboxylic acids is 1. The van der Waals surface area contributed by atoms with Crippen molar-refractivity contribution in [1.29, 1.82) is 0 Å². The van der Waals surface area contributed by atoms with Gasteiger partial charge in [-0.15, -0.1) is 0 Å². The second-order valence-corrected chi connectivity index (χ2v) is 11.6. The lowest BCUT2D eigenvalue weighted by Gasteiger charge is -2.60. The Balaban J connectivity index is 1.43. The monoisotopic (exact) mass is 434 g/mol. The van der Waals surface area contributed by atoms with Gasteiger partial charge in [0.2, 0.25) is 5.91 Å². The number of amides is 1. The van der Waals surface area contributed by atoms with E-state index in [4.69, 9.17) is 4.42 Å². The molecule has 1 aromatic rings. The normalized spacial score (nSPS) is 39.0. The summed E-state index contributed by atoms with van der Waals surface area (Å²) in [5.74, 6) is 2.81. The van der Waals surface area contributed by atoms with E-state index in [1.807, 2.05) is 12.1 Å². The van der Waals surface area contributed by atoms with Crippen molar-refractivity contribution >= 4 is 21.8 Å². The van der Waals surface area contributed by atoms with E-state index in [0.717, 1.165) is 62.8 Å². The SMILES string of the molecule is CN1CCC(N(Cc2ccco2)C(=O)C23CC4CC(CC(Br)(C4)C2)C3)CC1. The summed E-state index contributed by atoms with van der Waals surface area (Å²) >= 11 is 4.08. The van der Waals surface area contributed by atoms with Crippen molar-refractivity contribution < 1.29 is 9.21 Å². The smallest absolute Gasteiger partial charge is 0.229 e. The lowest BCUT2D eigenvalue weighted by atomic mass is 9.49. The molecular weight excluding hydrogens is 404 g/mol. The van der Waals surface area contributed by atoms with Crippen LogP contribution in [0.3, 0.4) is 0 Å². The molecule has 0 spiro atoms. The molecule has 1 saturated heterocycles. The second kappa shape index (κ2) is 6.62. The van der Waals surface area contributed by atoms with Crippen LogP contribution in [0.4, 0.5) is 0 Å². The maximum absolute atomic E-state index is 14.1. The fourth-order valence-electron chi connectivity index (χ4n) is 6.95. The van der Waals surface area contributed by atoms with E-state index in [1.54, 1.807) is 6.26 Å². The predicted molar refractivity (Wildman–Crippen MR) is 109 cm³/mol. The van der Waals surface area contributed by atoms with Crippen molar-refractivity contribution in [1.82, 2.24) is 9.80 Å². The zero-order valence-corrected chi connectivity index (χ0v) is 17.9. The fraction of sp³-hybridized carbons (Fsp3) is 0.773. The molecule has 0 radical (unpaired) electrons. The molecule has 1 amide bonds. The molecular formula is C22H31BrN2O2. The van der Waals surface area contributed by atoms with E-state index >= 15 is 0 Å². The summed E-state index contributed by atoms with van der Waals surface area (Å²) in [5, 5.41) is 0. The Hall–Kier alpha value is -0.810. The lowest BCUT2D eigenvalue weighted by Crippen LogP contribution is -2.60. The molecule has 148 valence electrons. The van der Waals surface area contributed by atoms with E-state index in [-0.39, 0.29) is 9.74 Å². The quantitative estimate of drug-likeness (QED) is 0.657. The highest BCUT2D eigenvalue weighted by Gasteiger charge is 2.60. The number of carbonyl (C=O) groups is 1. The van der Waals surface area contributed by atoms with Gasteiger partial charge in [0, 0.05) is 10.4 Å². The molecule has 4 nitrogen and oxygen atoms in total. The van der Waals surface area contributed by atoms with Crippen molar-refractivity contribution in [2.45, 2.75) is 68.3 Å². The molecule has 5 heteroatoms. The second-order valence-electron chi connectivity index (χ2n) is 9.94. The first kappa shape index (κ1) is 18.2. The first-order valence-electron chi connectivity index (χ1n) is 10.7. The van der Waals surface area contributed by atoms with Crippen molar-refractivity contribution in [3.63, 3.8) is 0 Å². The summed E-state index contributed by atoms with van der Waals surface area (Å²) in [7, 11) is 2.18. The molecule has 1 aromatic heterocycles.